The number of thioether (sulfide) groups is 1. The highest BCUT2D eigenvalue weighted by Gasteiger charge is 2.13. The van der Waals surface area contributed by atoms with Crippen LogP contribution in [0.5, 0.6) is 0 Å². The molecule has 1 aliphatic carbocycles. The molecule has 1 aliphatic rings. The fourth-order valence-corrected chi connectivity index (χ4v) is 2.93. The molecule has 0 atom stereocenters. The van der Waals surface area contributed by atoms with E-state index in [-0.39, 0.29) is 5.91 Å². The first-order chi connectivity index (χ1) is 6.33. The normalized spacial score (nSPS) is 18.5. The van der Waals surface area contributed by atoms with Gasteiger partial charge in [-0.3, -0.25) is 10.2 Å². The smallest absolute Gasteiger partial charge is 0.234 e. The van der Waals surface area contributed by atoms with Gasteiger partial charge >= 0.3 is 0 Å². The Labute approximate surface area is 83.8 Å². The molecule has 0 bridgehead atoms. The summed E-state index contributed by atoms with van der Waals surface area (Å²) in [6.07, 6.45) is 7.32. The highest BCUT2D eigenvalue weighted by molar-refractivity contribution is 7.99. The lowest BCUT2D eigenvalue weighted by atomic mass is 10.0. The second-order valence-corrected chi connectivity index (χ2v) is 4.86. The van der Waals surface area contributed by atoms with E-state index in [1.807, 2.05) is 11.8 Å². The summed E-state index contributed by atoms with van der Waals surface area (Å²) in [7, 11) is 0. The van der Waals surface area contributed by atoms with Crippen molar-refractivity contribution in [2.24, 2.45) is 5.84 Å². The van der Waals surface area contributed by atoms with E-state index in [1.54, 1.807) is 0 Å². The maximum absolute atomic E-state index is 10.8. The van der Waals surface area contributed by atoms with Gasteiger partial charge in [0.25, 0.3) is 0 Å². The highest BCUT2D eigenvalue weighted by atomic mass is 32.2. The standard InChI is InChI=1S/C9H18N2OS/c10-11-9(12)6-7-13-8-4-2-1-3-5-8/h8H,1-7,10H2,(H,11,12). The van der Waals surface area contributed by atoms with Gasteiger partial charge in [0.15, 0.2) is 0 Å². The quantitative estimate of drug-likeness (QED) is 0.412. The van der Waals surface area contributed by atoms with E-state index < -0.39 is 0 Å². The third-order valence-corrected chi connectivity index (χ3v) is 3.78. The van der Waals surface area contributed by atoms with Gasteiger partial charge in [-0.1, -0.05) is 19.3 Å². The zero-order valence-electron chi connectivity index (χ0n) is 7.92. The second-order valence-electron chi connectivity index (χ2n) is 3.45. The Hall–Kier alpha value is -0.220. The predicted molar refractivity (Wildman–Crippen MR) is 56.3 cm³/mol. The summed E-state index contributed by atoms with van der Waals surface area (Å²) >= 11 is 1.92. The van der Waals surface area contributed by atoms with Crippen LogP contribution in [-0.2, 0) is 4.79 Å². The summed E-state index contributed by atoms with van der Waals surface area (Å²) in [5, 5.41) is 0.791. The van der Waals surface area contributed by atoms with Crippen molar-refractivity contribution in [3.8, 4) is 0 Å². The van der Waals surface area contributed by atoms with Crippen molar-refractivity contribution in [1.82, 2.24) is 5.43 Å². The third-order valence-electron chi connectivity index (χ3n) is 2.40. The molecule has 1 rings (SSSR count). The van der Waals surface area contributed by atoms with Crippen LogP contribution in [0.1, 0.15) is 38.5 Å². The summed E-state index contributed by atoms with van der Waals surface area (Å²) in [5.74, 6) is 5.84. The van der Waals surface area contributed by atoms with Crippen molar-refractivity contribution in [3.63, 3.8) is 0 Å². The molecule has 0 aromatic rings. The maximum atomic E-state index is 10.8. The monoisotopic (exact) mass is 202 g/mol. The number of hydrazine groups is 1. The molecule has 3 nitrogen and oxygen atoms in total. The molecular formula is C9H18N2OS. The molecular weight excluding hydrogens is 184 g/mol. The number of nitrogens with two attached hydrogens (primary N) is 1. The van der Waals surface area contributed by atoms with E-state index in [9.17, 15) is 4.79 Å². The number of hydrogen-bond acceptors (Lipinski definition) is 3. The average molecular weight is 202 g/mol. The van der Waals surface area contributed by atoms with Crippen LogP contribution in [-0.4, -0.2) is 16.9 Å². The number of carbonyl (C=O) groups excluding carboxylic acids is 1. The van der Waals surface area contributed by atoms with Gasteiger partial charge in [-0.25, -0.2) is 5.84 Å². The van der Waals surface area contributed by atoms with E-state index in [0.29, 0.717) is 6.42 Å². The molecule has 1 amide bonds. The van der Waals surface area contributed by atoms with E-state index in [2.05, 4.69) is 5.43 Å². The Balaban J connectivity index is 2.01. The minimum absolute atomic E-state index is 0.0525. The first kappa shape index (κ1) is 10.9. The molecule has 0 aromatic carbocycles. The van der Waals surface area contributed by atoms with Crippen molar-refractivity contribution in [1.29, 1.82) is 0 Å². The van der Waals surface area contributed by atoms with Gasteiger partial charge in [0.2, 0.25) is 5.91 Å². The number of hydrogen-bond donors (Lipinski definition) is 2. The zero-order chi connectivity index (χ0) is 9.52. The van der Waals surface area contributed by atoms with E-state index >= 15 is 0 Å². The number of amides is 1. The Bertz CT molecular complexity index is 158. The second kappa shape index (κ2) is 6.27. The number of carbonyl (C=O) groups is 1. The van der Waals surface area contributed by atoms with E-state index in [1.165, 1.54) is 32.1 Å². The van der Waals surface area contributed by atoms with Crippen LogP contribution in [0.25, 0.3) is 0 Å². The molecule has 0 radical (unpaired) electrons. The predicted octanol–water partition coefficient (Wildman–Crippen LogP) is 1.43. The molecule has 0 saturated heterocycles. The van der Waals surface area contributed by atoms with E-state index in [4.69, 9.17) is 5.84 Å². The van der Waals surface area contributed by atoms with E-state index in [0.717, 1.165) is 11.0 Å². The van der Waals surface area contributed by atoms with Gasteiger partial charge in [-0.15, -0.1) is 0 Å². The van der Waals surface area contributed by atoms with Gasteiger partial charge in [0.1, 0.15) is 0 Å². The zero-order valence-corrected chi connectivity index (χ0v) is 8.74. The first-order valence-corrected chi connectivity index (χ1v) is 5.99. The molecule has 0 spiro atoms. The number of rotatable bonds is 4. The minimum atomic E-state index is -0.0525. The molecule has 1 saturated carbocycles. The van der Waals surface area contributed by atoms with Crippen molar-refractivity contribution in [3.05, 3.63) is 0 Å². The van der Waals surface area contributed by atoms with Crippen molar-refractivity contribution < 1.29 is 4.79 Å². The lowest BCUT2D eigenvalue weighted by Crippen LogP contribution is -2.30. The van der Waals surface area contributed by atoms with Gasteiger partial charge in [-0.05, 0) is 12.8 Å². The van der Waals surface area contributed by atoms with Crippen LogP contribution in [0.15, 0.2) is 0 Å². The Morgan fingerprint density at radius 3 is 2.69 bits per heavy atom. The van der Waals surface area contributed by atoms with Crippen LogP contribution >= 0.6 is 11.8 Å². The van der Waals surface area contributed by atoms with Gasteiger partial charge in [0, 0.05) is 17.4 Å². The molecule has 3 N–H and O–H groups in total. The lowest BCUT2D eigenvalue weighted by Gasteiger charge is -2.20. The van der Waals surface area contributed by atoms with Gasteiger partial charge < -0.3 is 0 Å². The van der Waals surface area contributed by atoms with Crippen LogP contribution in [0.3, 0.4) is 0 Å². The summed E-state index contributed by atoms with van der Waals surface area (Å²) in [5.41, 5.74) is 2.15. The van der Waals surface area contributed by atoms with Crippen molar-refractivity contribution in [2.45, 2.75) is 43.8 Å². The molecule has 0 heterocycles. The molecule has 1 fully saturated rings. The highest BCUT2D eigenvalue weighted by Crippen LogP contribution is 2.28. The molecule has 4 heteroatoms. The SMILES string of the molecule is NNC(=O)CCSC1CCCCC1. The Kier molecular flexibility index (Phi) is 5.23. The maximum Gasteiger partial charge on any atom is 0.234 e. The molecule has 0 aromatic heterocycles. The number of nitrogens with one attached hydrogen (secondary N) is 1. The lowest BCUT2D eigenvalue weighted by molar-refractivity contribution is -0.120. The third kappa shape index (κ3) is 4.52. The summed E-state index contributed by atoms with van der Waals surface area (Å²) in [6, 6.07) is 0. The van der Waals surface area contributed by atoms with Crippen molar-refractivity contribution >= 4 is 17.7 Å². The summed E-state index contributed by atoms with van der Waals surface area (Å²) in [6.45, 7) is 0. The largest absolute Gasteiger partial charge is 0.294 e. The van der Waals surface area contributed by atoms with Gasteiger partial charge in [-0.2, -0.15) is 11.8 Å². The fraction of sp³-hybridized carbons (Fsp3) is 0.889. The fourth-order valence-electron chi connectivity index (χ4n) is 1.62. The molecule has 13 heavy (non-hydrogen) atoms. The topological polar surface area (TPSA) is 55.1 Å². The minimum Gasteiger partial charge on any atom is -0.294 e. The molecule has 0 unspecified atom stereocenters. The first-order valence-electron chi connectivity index (χ1n) is 4.94. The summed E-state index contributed by atoms with van der Waals surface area (Å²) in [4.78, 5) is 10.8. The van der Waals surface area contributed by atoms with Crippen LogP contribution in [0, 0.1) is 0 Å². The van der Waals surface area contributed by atoms with Crippen molar-refractivity contribution in [2.75, 3.05) is 5.75 Å². The van der Waals surface area contributed by atoms with Gasteiger partial charge in [0.05, 0.1) is 0 Å². The van der Waals surface area contributed by atoms with Crippen LogP contribution < -0.4 is 11.3 Å². The van der Waals surface area contributed by atoms with Crippen LogP contribution in [0.2, 0.25) is 0 Å². The Morgan fingerprint density at radius 2 is 2.08 bits per heavy atom. The average Bonchev–Trinajstić information content (AvgIpc) is 2.19. The Morgan fingerprint density at radius 1 is 1.38 bits per heavy atom. The molecule has 76 valence electrons. The molecule has 0 aliphatic heterocycles. The van der Waals surface area contributed by atoms with Crippen LogP contribution in [0.4, 0.5) is 0 Å². The summed E-state index contributed by atoms with van der Waals surface area (Å²) < 4.78 is 0.